The molecule has 30 heavy (non-hydrogen) atoms. The molecule has 0 radical (unpaired) electrons. The average Bonchev–Trinajstić information content (AvgIpc) is 2.96. The van der Waals surface area contributed by atoms with Gasteiger partial charge >= 0.3 is 10.1 Å². The normalized spacial score (nSPS) is 15.7. The summed E-state index contributed by atoms with van der Waals surface area (Å²) < 4.78 is 36.3. The maximum Gasteiger partial charge on any atom is 0.339 e. The van der Waals surface area contributed by atoms with Gasteiger partial charge in [0, 0.05) is 6.54 Å². The Morgan fingerprint density at radius 2 is 1.90 bits per heavy atom. The highest BCUT2D eigenvalue weighted by Gasteiger charge is 2.31. The summed E-state index contributed by atoms with van der Waals surface area (Å²) in [5.41, 5.74) is 1.47. The van der Waals surface area contributed by atoms with Crippen molar-refractivity contribution in [1.82, 2.24) is 4.90 Å². The fourth-order valence-corrected chi connectivity index (χ4v) is 5.34. The van der Waals surface area contributed by atoms with Crippen LogP contribution in [0.1, 0.15) is 18.1 Å². The van der Waals surface area contributed by atoms with Crippen LogP contribution in [0.2, 0.25) is 5.02 Å². The number of aryl methyl sites for hydroxylation is 1. The molecule has 2 aromatic rings. The predicted molar refractivity (Wildman–Crippen MR) is 123 cm³/mol. The number of halogens is 1. The van der Waals surface area contributed by atoms with E-state index in [0.717, 1.165) is 5.56 Å². The number of hydrogen-bond donors (Lipinski definition) is 0. The molecule has 0 aromatic heterocycles. The molecule has 0 saturated carbocycles. The third kappa shape index (κ3) is 4.64. The SMILES string of the molecule is CCN1C(=O)/C(=C\c2cc(Cl)c(OS(=O)(=O)c3ccc(C)cc3)c(OC)c2)SC1=S. The van der Waals surface area contributed by atoms with Gasteiger partial charge in [-0.3, -0.25) is 9.69 Å². The molecule has 1 heterocycles. The second-order valence-corrected chi connectivity index (χ2v) is 9.94. The molecule has 0 aliphatic carbocycles. The molecule has 0 N–H and O–H groups in total. The van der Waals surface area contributed by atoms with Gasteiger partial charge in [0.15, 0.2) is 5.75 Å². The van der Waals surface area contributed by atoms with Crippen LogP contribution in [0.3, 0.4) is 0 Å². The topological polar surface area (TPSA) is 72.9 Å². The lowest BCUT2D eigenvalue weighted by Gasteiger charge is -2.13. The molecule has 2 aromatic carbocycles. The molecular formula is C20H18ClNO5S3. The van der Waals surface area contributed by atoms with Crippen LogP contribution in [-0.2, 0) is 14.9 Å². The molecule has 1 fully saturated rings. The zero-order valence-corrected chi connectivity index (χ0v) is 19.5. The third-order valence-electron chi connectivity index (χ3n) is 4.24. The van der Waals surface area contributed by atoms with Crippen LogP contribution in [0, 0.1) is 6.92 Å². The number of carbonyl (C=O) groups is 1. The Kier molecular flexibility index (Phi) is 6.76. The summed E-state index contributed by atoms with van der Waals surface area (Å²) in [5.74, 6) is -0.196. The Morgan fingerprint density at radius 1 is 1.23 bits per heavy atom. The molecule has 1 saturated heterocycles. The van der Waals surface area contributed by atoms with Crippen molar-refractivity contribution in [2.24, 2.45) is 0 Å². The number of thiocarbonyl (C=S) groups is 1. The molecule has 10 heteroatoms. The molecule has 3 rings (SSSR count). The van der Waals surface area contributed by atoms with Crippen molar-refractivity contribution in [2.45, 2.75) is 18.7 Å². The van der Waals surface area contributed by atoms with Gasteiger partial charge in [0.25, 0.3) is 5.91 Å². The van der Waals surface area contributed by atoms with Crippen molar-refractivity contribution < 1.29 is 22.1 Å². The molecule has 0 atom stereocenters. The Bertz CT molecular complexity index is 1140. The molecular weight excluding hydrogens is 466 g/mol. The number of likely N-dealkylation sites (N-methyl/N-ethyl adjacent to an activating group) is 1. The Labute approximate surface area is 189 Å². The van der Waals surface area contributed by atoms with Gasteiger partial charge in [0.1, 0.15) is 9.22 Å². The maximum absolute atomic E-state index is 12.6. The molecule has 0 bridgehead atoms. The van der Waals surface area contributed by atoms with Crippen LogP contribution in [-0.4, -0.2) is 37.2 Å². The Morgan fingerprint density at radius 3 is 2.47 bits per heavy atom. The number of rotatable bonds is 6. The quantitative estimate of drug-likeness (QED) is 0.336. The zero-order chi connectivity index (χ0) is 22.1. The van der Waals surface area contributed by atoms with Gasteiger partial charge in [-0.1, -0.05) is 53.3 Å². The molecule has 6 nitrogen and oxygen atoms in total. The van der Waals surface area contributed by atoms with E-state index in [9.17, 15) is 13.2 Å². The molecule has 1 aliphatic heterocycles. The van der Waals surface area contributed by atoms with E-state index in [4.69, 9.17) is 32.7 Å². The maximum atomic E-state index is 12.6. The van der Waals surface area contributed by atoms with Crippen molar-refractivity contribution in [1.29, 1.82) is 0 Å². The first-order valence-electron chi connectivity index (χ1n) is 8.80. The van der Waals surface area contributed by atoms with Gasteiger partial charge in [-0.2, -0.15) is 8.42 Å². The Balaban J connectivity index is 1.95. The van der Waals surface area contributed by atoms with Crippen LogP contribution < -0.4 is 8.92 Å². The molecule has 1 aliphatic rings. The minimum atomic E-state index is -4.11. The standard InChI is InChI=1S/C20H18ClNO5S3/c1-4-22-19(23)17(29-20(22)28)11-13-9-15(21)18(16(10-13)26-3)27-30(24,25)14-7-5-12(2)6-8-14/h5-11H,4H2,1-3H3/b17-11+. The predicted octanol–water partition coefficient (Wildman–Crippen LogP) is 4.65. The van der Waals surface area contributed by atoms with E-state index in [1.54, 1.807) is 24.3 Å². The first kappa shape index (κ1) is 22.6. The van der Waals surface area contributed by atoms with Crippen LogP contribution in [0.5, 0.6) is 11.5 Å². The van der Waals surface area contributed by atoms with Crippen LogP contribution in [0.4, 0.5) is 0 Å². The van der Waals surface area contributed by atoms with E-state index in [1.807, 2.05) is 13.8 Å². The summed E-state index contributed by atoms with van der Waals surface area (Å²) >= 11 is 12.7. The second-order valence-electron chi connectivity index (χ2n) is 6.31. The number of ether oxygens (including phenoxy) is 1. The first-order valence-corrected chi connectivity index (χ1v) is 11.8. The summed E-state index contributed by atoms with van der Waals surface area (Å²) in [4.78, 5) is 14.3. The highest BCUT2D eigenvalue weighted by atomic mass is 35.5. The summed E-state index contributed by atoms with van der Waals surface area (Å²) in [6.07, 6.45) is 1.63. The number of carbonyl (C=O) groups excluding carboxylic acids is 1. The van der Waals surface area contributed by atoms with Crippen molar-refractivity contribution >= 4 is 62.0 Å². The van der Waals surface area contributed by atoms with Crippen molar-refractivity contribution in [3.63, 3.8) is 0 Å². The van der Waals surface area contributed by atoms with Gasteiger partial charge in [-0.15, -0.1) is 0 Å². The lowest BCUT2D eigenvalue weighted by atomic mass is 10.2. The number of benzene rings is 2. The first-order chi connectivity index (χ1) is 14.2. The minimum absolute atomic E-state index is 0.00136. The van der Waals surface area contributed by atoms with Crippen molar-refractivity contribution in [3.8, 4) is 11.5 Å². The summed E-state index contributed by atoms with van der Waals surface area (Å²) in [6.45, 7) is 4.17. The van der Waals surface area contributed by atoms with Gasteiger partial charge < -0.3 is 8.92 Å². The van der Waals surface area contributed by atoms with Crippen molar-refractivity contribution in [3.05, 3.63) is 57.5 Å². The van der Waals surface area contributed by atoms with E-state index >= 15 is 0 Å². The van der Waals surface area contributed by atoms with E-state index < -0.39 is 10.1 Å². The molecule has 0 spiro atoms. The van der Waals surface area contributed by atoms with E-state index in [-0.39, 0.29) is 27.3 Å². The van der Waals surface area contributed by atoms with Gasteiger partial charge in [-0.05, 0) is 49.8 Å². The smallest absolute Gasteiger partial charge is 0.339 e. The Hall–Kier alpha value is -2.07. The van der Waals surface area contributed by atoms with Crippen LogP contribution in [0.15, 0.2) is 46.2 Å². The zero-order valence-electron chi connectivity index (χ0n) is 16.3. The van der Waals surface area contributed by atoms with E-state index in [2.05, 4.69) is 0 Å². The minimum Gasteiger partial charge on any atom is -0.493 e. The van der Waals surface area contributed by atoms with Gasteiger partial charge in [0.05, 0.1) is 17.0 Å². The number of thioether (sulfide) groups is 1. The highest BCUT2D eigenvalue weighted by Crippen LogP contribution is 2.40. The fourth-order valence-electron chi connectivity index (χ4n) is 2.69. The summed E-state index contributed by atoms with van der Waals surface area (Å²) in [6, 6.07) is 9.30. The molecule has 1 amide bonds. The molecule has 158 valence electrons. The van der Waals surface area contributed by atoms with Crippen LogP contribution in [0.25, 0.3) is 6.08 Å². The second kappa shape index (κ2) is 8.97. The fraction of sp³-hybridized carbons (Fsp3) is 0.200. The number of amides is 1. The third-order valence-corrected chi connectivity index (χ3v) is 7.14. The number of hydrogen-bond acceptors (Lipinski definition) is 7. The molecule has 0 unspecified atom stereocenters. The highest BCUT2D eigenvalue weighted by molar-refractivity contribution is 8.26. The monoisotopic (exact) mass is 483 g/mol. The summed E-state index contributed by atoms with van der Waals surface area (Å²) in [7, 11) is -2.74. The number of methoxy groups -OCH3 is 1. The average molecular weight is 484 g/mol. The van der Waals surface area contributed by atoms with E-state index in [1.165, 1.54) is 42.0 Å². The lowest BCUT2D eigenvalue weighted by molar-refractivity contribution is -0.121. The van der Waals surface area contributed by atoms with Gasteiger partial charge in [0.2, 0.25) is 5.75 Å². The van der Waals surface area contributed by atoms with Crippen LogP contribution >= 0.6 is 35.6 Å². The largest absolute Gasteiger partial charge is 0.493 e. The van der Waals surface area contributed by atoms with E-state index in [0.29, 0.717) is 21.3 Å². The number of nitrogens with zero attached hydrogens (tertiary/aromatic N) is 1. The lowest BCUT2D eigenvalue weighted by Crippen LogP contribution is -2.27. The van der Waals surface area contributed by atoms with Crippen molar-refractivity contribution in [2.75, 3.05) is 13.7 Å². The van der Waals surface area contributed by atoms with Gasteiger partial charge in [-0.25, -0.2) is 0 Å². The summed E-state index contributed by atoms with van der Waals surface area (Å²) in [5, 5.41) is 0.0299.